The van der Waals surface area contributed by atoms with E-state index >= 15 is 0 Å². The van der Waals surface area contributed by atoms with E-state index in [1.54, 1.807) is 12.1 Å². The van der Waals surface area contributed by atoms with Gasteiger partial charge >= 0.3 is 16.1 Å². The third-order valence-corrected chi connectivity index (χ3v) is 2.95. The molecule has 98 valence electrons. The Bertz CT molecular complexity index is 535. The van der Waals surface area contributed by atoms with E-state index in [1.165, 1.54) is 12.1 Å². The molecule has 1 aromatic carbocycles. The van der Waals surface area contributed by atoms with Crippen molar-refractivity contribution in [1.29, 1.82) is 0 Å². The van der Waals surface area contributed by atoms with Crippen molar-refractivity contribution in [3.8, 4) is 5.75 Å². The van der Waals surface area contributed by atoms with Crippen LogP contribution < -0.4 is 9.92 Å². The molecule has 0 aromatic heterocycles. The zero-order valence-electron chi connectivity index (χ0n) is 9.44. The quantitative estimate of drug-likeness (QED) is 0.729. The smallest absolute Gasteiger partial charge is 0.331 e. The fraction of sp³-hybridized carbons (Fsp3) is 0.182. The lowest BCUT2D eigenvalue weighted by Gasteiger charge is -2.07. The highest BCUT2D eigenvalue weighted by Crippen LogP contribution is 2.15. The number of aliphatic carboxylic acids is 1. The van der Waals surface area contributed by atoms with E-state index in [2.05, 4.69) is 10.8 Å². The first-order valence-electron chi connectivity index (χ1n) is 4.98. The Labute approximate surface area is 105 Å². The van der Waals surface area contributed by atoms with Crippen molar-refractivity contribution in [3.63, 3.8) is 0 Å². The van der Waals surface area contributed by atoms with Crippen LogP contribution in [0.1, 0.15) is 5.56 Å². The summed E-state index contributed by atoms with van der Waals surface area (Å²) in [5, 5.41) is 9.34. The Balaban J connectivity index is 2.75. The molecule has 0 saturated heterocycles. The molecule has 0 spiro atoms. The molecule has 0 bridgehead atoms. The van der Waals surface area contributed by atoms with Crippen molar-refractivity contribution >= 4 is 16.1 Å². The first-order chi connectivity index (χ1) is 8.34. The van der Waals surface area contributed by atoms with Crippen LogP contribution in [0.2, 0.25) is 0 Å². The monoisotopic (exact) mass is 271 g/mol. The van der Waals surface area contributed by atoms with Gasteiger partial charge in [-0.1, -0.05) is 18.7 Å². The minimum atomic E-state index is -3.78. The summed E-state index contributed by atoms with van der Waals surface area (Å²) in [7, 11) is -3.78. The van der Waals surface area contributed by atoms with Crippen LogP contribution in [0.3, 0.4) is 0 Å². The summed E-state index contributed by atoms with van der Waals surface area (Å²) in [6.07, 6.45) is 0.157. The third kappa shape index (κ3) is 4.19. The Morgan fingerprint density at radius 1 is 1.44 bits per heavy atom. The average Bonchev–Trinajstić information content (AvgIpc) is 2.31. The van der Waals surface area contributed by atoms with Gasteiger partial charge in [-0.05, 0) is 24.1 Å². The zero-order valence-corrected chi connectivity index (χ0v) is 10.3. The molecule has 0 aliphatic rings. The maximum absolute atomic E-state index is 11.1. The van der Waals surface area contributed by atoms with Gasteiger partial charge in [0.1, 0.15) is 11.8 Å². The second-order valence-corrected chi connectivity index (χ2v) is 5.02. The molecular weight excluding hydrogens is 258 g/mol. The first-order valence-corrected chi connectivity index (χ1v) is 6.45. The van der Waals surface area contributed by atoms with E-state index in [0.29, 0.717) is 11.0 Å². The standard InChI is InChI=1S/C11H13NO5S/c1-2-18(15,16)17-9-5-3-8(4-6-9)7-10(12)11(13)14/h2-6,10H,1,7,12H2,(H,13,14). The molecule has 0 amide bonds. The van der Waals surface area contributed by atoms with Gasteiger partial charge in [-0.2, -0.15) is 8.42 Å². The molecule has 0 saturated carbocycles. The van der Waals surface area contributed by atoms with Crippen molar-refractivity contribution in [2.75, 3.05) is 0 Å². The summed E-state index contributed by atoms with van der Waals surface area (Å²) in [6.45, 7) is 3.11. The molecular formula is C11H13NO5S. The van der Waals surface area contributed by atoms with Gasteiger partial charge in [0, 0.05) is 0 Å². The van der Waals surface area contributed by atoms with E-state index < -0.39 is 22.1 Å². The fourth-order valence-corrected chi connectivity index (χ4v) is 1.64. The highest BCUT2D eigenvalue weighted by atomic mass is 32.2. The second kappa shape index (κ2) is 5.65. The van der Waals surface area contributed by atoms with Gasteiger partial charge in [0.2, 0.25) is 0 Å². The van der Waals surface area contributed by atoms with Gasteiger partial charge in [0.15, 0.2) is 0 Å². The average molecular weight is 271 g/mol. The van der Waals surface area contributed by atoms with Crippen molar-refractivity contribution in [2.45, 2.75) is 12.5 Å². The van der Waals surface area contributed by atoms with Gasteiger partial charge in [-0.15, -0.1) is 0 Å². The molecule has 0 fully saturated rings. The number of hydrogen-bond donors (Lipinski definition) is 2. The van der Waals surface area contributed by atoms with E-state index in [0.717, 1.165) is 0 Å². The Morgan fingerprint density at radius 2 is 2.00 bits per heavy atom. The van der Waals surface area contributed by atoms with E-state index in [-0.39, 0.29) is 12.2 Å². The molecule has 0 radical (unpaired) electrons. The Morgan fingerprint density at radius 3 is 2.44 bits per heavy atom. The molecule has 7 heteroatoms. The maximum Gasteiger partial charge on any atom is 0.331 e. The number of rotatable bonds is 6. The van der Waals surface area contributed by atoms with Crippen molar-refractivity contribution in [2.24, 2.45) is 5.73 Å². The number of carbonyl (C=O) groups is 1. The molecule has 1 unspecified atom stereocenters. The maximum atomic E-state index is 11.1. The molecule has 6 nitrogen and oxygen atoms in total. The van der Waals surface area contributed by atoms with Crippen molar-refractivity contribution < 1.29 is 22.5 Å². The molecule has 0 aliphatic heterocycles. The van der Waals surface area contributed by atoms with Gasteiger partial charge in [0.05, 0.1) is 5.41 Å². The van der Waals surface area contributed by atoms with E-state index in [1.807, 2.05) is 0 Å². The SMILES string of the molecule is C=CS(=O)(=O)Oc1ccc(CC(N)C(=O)O)cc1. The fourth-order valence-electron chi connectivity index (χ4n) is 1.19. The topological polar surface area (TPSA) is 107 Å². The lowest BCUT2D eigenvalue weighted by atomic mass is 10.1. The Kier molecular flexibility index (Phi) is 4.46. The number of nitrogens with two attached hydrogens (primary N) is 1. The van der Waals surface area contributed by atoms with E-state index in [4.69, 9.17) is 10.8 Å². The van der Waals surface area contributed by atoms with Crippen LogP contribution in [0.15, 0.2) is 36.3 Å². The van der Waals surface area contributed by atoms with Crippen molar-refractivity contribution in [1.82, 2.24) is 0 Å². The summed E-state index contributed by atoms with van der Waals surface area (Å²) < 4.78 is 26.8. The van der Waals surface area contributed by atoms with Crippen LogP contribution in [0.25, 0.3) is 0 Å². The summed E-state index contributed by atoms with van der Waals surface area (Å²) >= 11 is 0. The van der Waals surface area contributed by atoms with Crippen LogP contribution in [0, 0.1) is 0 Å². The molecule has 1 atom stereocenters. The molecule has 1 rings (SSSR count). The summed E-state index contributed by atoms with van der Waals surface area (Å²) in [4.78, 5) is 10.6. The van der Waals surface area contributed by atoms with Crippen LogP contribution in [0.5, 0.6) is 5.75 Å². The minimum absolute atomic E-state index is 0.127. The highest BCUT2D eigenvalue weighted by Gasteiger charge is 2.12. The number of hydrogen-bond acceptors (Lipinski definition) is 5. The van der Waals surface area contributed by atoms with Gasteiger partial charge < -0.3 is 15.0 Å². The third-order valence-electron chi connectivity index (χ3n) is 2.11. The zero-order chi connectivity index (χ0) is 13.8. The lowest BCUT2D eigenvalue weighted by molar-refractivity contribution is -0.138. The van der Waals surface area contributed by atoms with Crippen LogP contribution >= 0.6 is 0 Å². The van der Waals surface area contributed by atoms with E-state index in [9.17, 15) is 13.2 Å². The summed E-state index contributed by atoms with van der Waals surface area (Å²) in [5.74, 6) is -0.966. The first kappa shape index (κ1) is 14.2. The van der Waals surface area contributed by atoms with Crippen LogP contribution in [0.4, 0.5) is 0 Å². The van der Waals surface area contributed by atoms with Gasteiger partial charge in [0.25, 0.3) is 0 Å². The number of benzene rings is 1. The largest absolute Gasteiger partial charge is 0.480 e. The Hall–Kier alpha value is -1.86. The van der Waals surface area contributed by atoms with Crippen LogP contribution in [-0.4, -0.2) is 25.5 Å². The summed E-state index contributed by atoms with van der Waals surface area (Å²) in [6, 6.07) is 4.96. The van der Waals surface area contributed by atoms with Crippen LogP contribution in [-0.2, 0) is 21.3 Å². The molecule has 1 aromatic rings. The predicted octanol–water partition coefficient (Wildman–Crippen LogP) is 0.493. The minimum Gasteiger partial charge on any atom is -0.480 e. The van der Waals surface area contributed by atoms with Gasteiger partial charge in [-0.25, -0.2) is 0 Å². The number of carboxylic acid groups (broad SMARTS) is 1. The normalized spacial score (nSPS) is 12.7. The molecule has 3 N–H and O–H groups in total. The second-order valence-electron chi connectivity index (χ2n) is 3.54. The predicted molar refractivity (Wildman–Crippen MR) is 65.5 cm³/mol. The molecule has 0 heterocycles. The lowest BCUT2D eigenvalue weighted by Crippen LogP contribution is -2.32. The van der Waals surface area contributed by atoms with Crippen molar-refractivity contribution in [3.05, 3.63) is 41.8 Å². The highest BCUT2D eigenvalue weighted by molar-refractivity contribution is 7.90. The van der Waals surface area contributed by atoms with Gasteiger partial charge in [-0.3, -0.25) is 4.79 Å². The summed E-state index contributed by atoms with van der Waals surface area (Å²) in [5.41, 5.74) is 6.04. The number of carboxylic acids is 1. The molecule has 0 aliphatic carbocycles. The molecule has 18 heavy (non-hydrogen) atoms.